The van der Waals surface area contributed by atoms with Gasteiger partial charge in [-0.1, -0.05) is 18.2 Å². The van der Waals surface area contributed by atoms with Crippen LogP contribution in [0.5, 0.6) is 5.75 Å². The van der Waals surface area contributed by atoms with Gasteiger partial charge in [0, 0.05) is 12.6 Å². The van der Waals surface area contributed by atoms with E-state index in [0.717, 1.165) is 12.0 Å². The van der Waals surface area contributed by atoms with Crippen molar-refractivity contribution in [2.75, 3.05) is 0 Å². The largest absolute Gasteiger partial charge is 0.490 e. The van der Waals surface area contributed by atoms with Gasteiger partial charge in [-0.15, -0.1) is 0 Å². The fraction of sp³-hybridized carbons (Fsp3) is 0.593. The molecule has 6 atom stereocenters. The van der Waals surface area contributed by atoms with Gasteiger partial charge in [0.2, 0.25) is 0 Å². The summed E-state index contributed by atoms with van der Waals surface area (Å²) in [5.74, 6) is -1.58. The number of hydrogen-bond donors (Lipinski definition) is 2. The molecule has 2 N–H and O–H groups in total. The van der Waals surface area contributed by atoms with Crippen molar-refractivity contribution in [1.29, 1.82) is 0 Å². The Kier molecular flexibility index (Phi) is 5.71. The maximum atomic E-state index is 14.1. The molecule has 2 aromatic rings. The quantitative estimate of drug-likeness (QED) is 0.426. The van der Waals surface area contributed by atoms with Crippen LogP contribution in [-0.2, 0) is 17.5 Å². The molecule has 0 aliphatic heterocycles. The summed E-state index contributed by atoms with van der Waals surface area (Å²) in [7, 11) is 0. The zero-order valence-corrected chi connectivity index (χ0v) is 19.8. The molecule has 0 spiro atoms. The number of ether oxygens (including phenoxy) is 1. The summed E-state index contributed by atoms with van der Waals surface area (Å²) in [5, 5.41) is 13.4. The van der Waals surface area contributed by atoms with Gasteiger partial charge in [0.15, 0.2) is 0 Å². The average molecular weight is 528 g/mol. The highest BCUT2D eigenvalue weighted by molar-refractivity contribution is 5.89. The van der Waals surface area contributed by atoms with E-state index in [-0.39, 0.29) is 60.6 Å². The molecule has 4 unspecified atom stereocenters. The number of carbonyl (C=O) groups is 1. The fourth-order valence-electron chi connectivity index (χ4n) is 7.57. The third-order valence-corrected chi connectivity index (χ3v) is 9.18. The number of benzene rings is 2. The maximum Gasteiger partial charge on any atom is 0.420 e. The summed E-state index contributed by atoms with van der Waals surface area (Å²) in [5.41, 5.74) is -0.114. The molecule has 0 heterocycles. The molecule has 5 saturated carbocycles. The molecule has 5 aliphatic carbocycles. The molecular formula is C27H27F6NO3. The molecular weight excluding hydrogens is 500 g/mol. The van der Waals surface area contributed by atoms with Gasteiger partial charge in [-0.2, -0.15) is 26.3 Å². The molecule has 4 nitrogen and oxygen atoms in total. The predicted octanol–water partition coefficient (Wildman–Crippen LogP) is 6.41. The van der Waals surface area contributed by atoms with Crippen molar-refractivity contribution in [1.82, 2.24) is 5.32 Å². The Morgan fingerprint density at radius 2 is 1.70 bits per heavy atom. The lowest BCUT2D eigenvalue weighted by molar-refractivity contribution is -0.185. The minimum absolute atomic E-state index is 0.0194. The van der Waals surface area contributed by atoms with Crippen molar-refractivity contribution in [2.45, 2.75) is 63.1 Å². The van der Waals surface area contributed by atoms with Crippen LogP contribution in [0.3, 0.4) is 0 Å². The molecule has 5 aliphatic rings. The average Bonchev–Trinajstić information content (AvgIpc) is 3.11. The molecule has 37 heavy (non-hydrogen) atoms. The van der Waals surface area contributed by atoms with Gasteiger partial charge in [-0.25, -0.2) is 0 Å². The van der Waals surface area contributed by atoms with Crippen LogP contribution in [0.1, 0.15) is 43.2 Å². The van der Waals surface area contributed by atoms with Crippen LogP contribution in [0.15, 0.2) is 30.3 Å². The molecule has 0 radical (unpaired) electrons. The summed E-state index contributed by atoms with van der Waals surface area (Å²) in [4.78, 5) is 11.6. The van der Waals surface area contributed by atoms with Crippen LogP contribution < -0.4 is 10.1 Å². The minimum atomic E-state index is -4.70. The molecule has 0 aromatic heterocycles. The van der Waals surface area contributed by atoms with E-state index in [0.29, 0.717) is 23.8 Å². The highest BCUT2D eigenvalue weighted by Crippen LogP contribution is 2.73. The first kappa shape index (κ1) is 24.8. The van der Waals surface area contributed by atoms with Crippen LogP contribution in [0.2, 0.25) is 0 Å². The Balaban J connectivity index is 1.18. The second-order valence-corrected chi connectivity index (χ2v) is 11.1. The predicted molar refractivity (Wildman–Crippen MR) is 122 cm³/mol. The lowest BCUT2D eigenvalue weighted by Crippen LogP contribution is -2.34. The number of aliphatic carboxylic acids is 1. The Labute approximate surface area is 209 Å². The molecule has 4 bridgehead atoms. The number of nitrogens with one attached hydrogen (secondary N) is 1. The third-order valence-electron chi connectivity index (χ3n) is 9.18. The number of carboxylic acids is 1. The SMILES string of the molecule is O=C(O)C1C2C3C(NCc4ccc5c(C(F)(F)F)c(OC6CCC(C(F)(F)F)CC6)ccc5c4)[C@@H]1C[C@H]32. The molecule has 5 fully saturated rings. The summed E-state index contributed by atoms with van der Waals surface area (Å²) in [6.45, 7) is 0.432. The number of halogens is 6. The Hall–Kier alpha value is -2.49. The first-order chi connectivity index (χ1) is 17.4. The third kappa shape index (κ3) is 4.25. The van der Waals surface area contributed by atoms with E-state index in [9.17, 15) is 36.2 Å². The van der Waals surface area contributed by atoms with Crippen molar-refractivity contribution < 1.29 is 41.0 Å². The zero-order valence-electron chi connectivity index (χ0n) is 19.8. The van der Waals surface area contributed by atoms with Gasteiger partial charge < -0.3 is 15.2 Å². The first-order valence-electron chi connectivity index (χ1n) is 12.8. The molecule has 2 aromatic carbocycles. The van der Waals surface area contributed by atoms with Gasteiger partial charge in [-0.3, -0.25) is 4.79 Å². The summed E-state index contributed by atoms with van der Waals surface area (Å²) in [6, 6.07) is 7.66. The van der Waals surface area contributed by atoms with Crippen LogP contribution in [0.25, 0.3) is 10.8 Å². The van der Waals surface area contributed by atoms with Crippen LogP contribution in [0.4, 0.5) is 26.3 Å². The van der Waals surface area contributed by atoms with Crippen LogP contribution >= 0.6 is 0 Å². The maximum absolute atomic E-state index is 14.1. The van der Waals surface area contributed by atoms with E-state index in [4.69, 9.17) is 4.74 Å². The van der Waals surface area contributed by atoms with Gasteiger partial charge in [0.1, 0.15) is 11.3 Å². The van der Waals surface area contributed by atoms with Crippen molar-refractivity contribution in [3.63, 3.8) is 0 Å². The molecule has 10 heteroatoms. The zero-order chi connectivity index (χ0) is 26.3. The lowest BCUT2D eigenvalue weighted by atomic mass is 9.87. The number of carboxylic acid groups (broad SMARTS) is 1. The van der Waals surface area contributed by atoms with E-state index in [2.05, 4.69) is 5.32 Å². The Morgan fingerprint density at radius 1 is 0.973 bits per heavy atom. The second-order valence-electron chi connectivity index (χ2n) is 11.1. The van der Waals surface area contributed by atoms with E-state index in [1.165, 1.54) is 12.1 Å². The molecule has 0 saturated heterocycles. The Bertz CT molecular complexity index is 1220. The fourth-order valence-corrected chi connectivity index (χ4v) is 7.57. The topological polar surface area (TPSA) is 58.6 Å². The Morgan fingerprint density at radius 3 is 2.30 bits per heavy atom. The number of alkyl halides is 6. The summed E-state index contributed by atoms with van der Waals surface area (Å²) >= 11 is 0. The standard InChI is InChI=1S/C27H27F6NO3/c28-26(29,30)14-3-5-15(6-4-14)37-19-8-2-13-9-12(1-7-16(13)23(19)27(31,32)33)11-34-24-18-10-17-20(21(17)24)22(18)25(35)36/h1-2,7-9,14-15,17-18,20-22,24,34H,3-6,10-11H2,(H,35,36)/t14?,15?,17-,18+,20?,21?,22?,24?/m0/s1. The van der Waals surface area contributed by atoms with Crippen molar-refractivity contribution in [3.8, 4) is 5.75 Å². The summed E-state index contributed by atoms with van der Waals surface area (Å²) < 4.78 is 86.8. The van der Waals surface area contributed by atoms with E-state index < -0.39 is 35.9 Å². The minimum Gasteiger partial charge on any atom is -0.490 e. The molecule has 0 amide bonds. The number of rotatable bonds is 6. The van der Waals surface area contributed by atoms with Gasteiger partial charge >= 0.3 is 18.3 Å². The van der Waals surface area contributed by atoms with Crippen molar-refractivity contribution in [3.05, 3.63) is 41.5 Å². The normalized spacial score (nSPS) is 34.6. The lowest BCUT2D eigenvalue weighted by Gasteiger charge is -2.31. The monoisotopic (exact) mass is 527 g/mol. The van der Waals surface area contributed by atoms with Gasteiger partial charge in [0.05, 0.1) is 17.9 Å². The molecule has 200 valence electrons. The summed E-state index contributed by atoms with van der Waals surface area (Å²) in [6.07, 6.45) is -8.97. The van der Waals surface area contributed by atoms with Gasteiger partial charge in [-0.05, 0) is 84.2 Å². The number of fused-ring (bicyclic) bond motifs is 1. The van der Waals surface area contributed by atoms with E-state index in [1.807, 2.05) is 0 Å². The molecule has 7 rings (SSSR count). The highest BCUT2D eigenvalue weighted by atomic mass is 19.4. The first-order valence-corrected chi connectivity index (χ1v) is 12.8. The van der Waals surface area contributed by atoms with E-state index >= 15 is 0 Å². The second kappa shape index (κ2) is 8.51. The smallest absolute Gasteiger partial charge is 0.420 e. The highest BCUT2D eigenvalue weighted by Gasteiger charge is 2.75. The van der Waals surface area contributed by atoms with Crippen molar-refractivity contribution >= 4 is 16.7 Å². The van der Waals surface area contributed by atoms with Crippen LogP contribution in [-0.4, -0.2) is 29.4 Å². The number of hydrogen-bond acceptors (Lipinski definition) is 3. The van der Waals surface area contributed by atoms with Gasteiger partial charge in [0.25, 0.3) is 0 Å². The van der Waals surface area contributed by atoms with Crippen molar-refractivity contribution in [2.24, 2.45) is 35.5 Å². The van der Waals surface area contributed by atoms with Crippen LogP contribution in [0, 0.1) is 35.5 Å². The van der Waals surface area contributed by atoms with E-state index in [1.54, 1.807) is 18.2 Å².